The van der Waals surface area contributed by atoms with Crippen molar-refractivity contribution in [2.75, 3.05) is 13.2 Å². The predicted octanol–water partition coefficient (Wildman–Crippen LogP) is 2.92. The Morgan fingerprint density at radius 1 is 1.26 bits per heavy atom. The lowest BCUT2D eigenvalue weighted by molar-refractivity contribution is -0.136. The summed E-state index contributed by atoms with van der Waals surface area (Å²) in [5, 5.41) is 11.3. The molecule has 2 N–H and O–H groups in total. The van der Waals surface area contributed by atoms with Gasteiger partial charge in [-0.05, 0) is 57.4 Å². The number of carbonyl (C=O) groups is 2. The molecule has 0 fully saturated rings. The van der Waals surface area contributed by atoms with Crippen LogP contribution in [0, 0.1) is 6.92 Å². The molecule has 23 heavy (non-hydrogen) atoms. The first-order valence-electron chi connectivity index (χ1n) is 7.58. The molecular formula is C17H25NO5. The minimum absolute atomic E-state index is 0.112. The van der Waals surface area contributed by atoms with E-state index in [1.165, 1.54) is 0 Å². The van der Waals surface area contributed by atoms with Crippen LogP contribution in [-0.4, -0.2) is 35.9 Å². The molecule has 0 radical (unpaired) electrons. The van der Waals surface area contributed by atoms with Gasteiger partial charge in [0.15, 0.2) is 0 Å². The number of nitrogens with one attached hydrogen (secondary N) is 1. The molecule has 6 nitrogen and oxygen atoms in total. The number of amides is 1. The SMILES string of the molecule is Cc1cc(OCCNC(=O)OC(C)(C)C)ccc1CCC(=O)O. The third kappa shape index (κ3) is 8.09. The van der Waals surface area contributed by atoms with E-state index < -0.39 is 17.7 Å². The van der Waals surface area contributed by atoms with Crippen molar-refractivity contribution in [3.05, 3.63) is 29.3 Å². The summed E-state index contributed by atoms with van der Waals surface area (Å²) in [6, 6.07) is 5.54. The molecule has 0 aromatic heterocycles. The van der Waals surface area contributed by atoms with Gasteiger partial charge in [0.2, 0.25) is 0 Å². The second-order valence-electron chi connectivity index (χ2n) is 6.26. The van der Waals surface area contributed by atoms with E-state index >= 15 is 0 Å². The Hall–Kier alpha value is -2.24. The number of alkyl carbamates (subject to hydrolysis) is 1. The lowest BCUT2D eigenvalue weighted by Gasteiger charge is -2.19. The van der Waals surface area contributed by atoms with Crippen LogP contribution < -0.4 is 10.1 Å². The highest BCUT2D eigenvalue weighted by atomic mass is 16.6. The molecule has 0 heterocycles. The molecule has 1 aromatic rings. The van der Waals surface area contributed by atoms with Gasteiger partial charge in [0, 0.05) is 6.42 Å². The van der Waals surface area contributed by atoms with Gasteiger partial charge in [-0.15, -0.1) is 0 Å². The number of aliphatic carboxylic acids is 1. The topological polar surface area (TPSA) is 84.9 Å². The van der Waals surface area contributed by atoms with Crippen molar-refractivity contribution >= 4 is 12.1 Å². The highest BCUT2D eigenvalue weighted by molar-refractivity contribution is 5.67. The minimum atomic E-state index is -0.807. The number of hydrogen-bond acceptors (Lipinski definition) is 4. The summed E-state index contributed by atoms with van der Waals surface area (Å²) in [6.45, 7) is 8.00. The van der Waals surface area contributed by atoms with Gasteiger partial charge in [0.25, 0.3) is 0 Å². The zero-order valence-corrected chi connectivity index (χ0v) is 14.1. The van der Waals surface area contributed by atoms with Crippen LogP contribution in [0.2, 0.25) is 0 Å². The van der Waals surface area contributed by atoms with E-state index in [0.717, 1.165) is 11.1 Å². The van der Waals surface area contributed by atoms with Crippen molar-refractivity contribution in [3.8, 4) is 5.75 Å². The first kappa shape index (κ1) is 18.8. The van der Waals surface area contributed by atoms with Crippen molar-refractivity contribution in [2.24, 2.45) is 0 Å². The fraction of sp³-hybridized carbons (Fsp3) is 0.529. The Morgan fingerprint density at radius 2 is 1.96 bits per heavy atom. The van der Waals surface area contributed by atoms with E-state index in [1.54, 1.807) is 26.8 Å². The molecule has 6 heteroatoms. The van der Waals surface area contributed by atoms with Crippen LogP contribution >= 0.6 is 0 Å². The third-order valence-corrected chi connectivity index (χ3v) is 2.96. The zero-order chi connectivity index (χ0) is 17.5. The maximum atomic E-state index is 11.5. The van der Waals surface area contributed by atoms with Crippen molar-refractivity contribution in [2.45, 2.75) is 46.1 Å². The highest BCUT2D eigenvalue weighted by Crippen LogP contribution is 2.18. The first-order chi connectivity index (χ1) is 10.7. The normalized spacial score (nSPS) is 11.0. The summed E-state index contributed by atoms with van der Waals surface area (Å²) in [4.78, 5) is 22.1. The first-order valence-corrected chi connectivity index (χ1v) is 7.58. The number of aryl methyl sites for hydroxylation is 2. The van der Waals surface area contributed by atoms with Gasteiger partial charge in [-0.3, -0.25) is 4.79 Å². The Morgan fingerprint density at radius 3 is 2.52 bits per heavy atom. The quantitative estimate of drug-likeness (QED) is 0.754. The summed E-state index contributed by atoms with van der Waals surface area (Å²) in [6.07, 6.45) is 0.143. The summed E-state index contributed by atoms with van der Waals surface area (Å²) in [5.41, 5.74) is 1.46. The maximum absolute atomic E-state index is 11.5. The molecular weight excluding hydrogens is 298 g/mol. The summed E-state index contributed by atoms with van der Waals surface area (Å²) in [7, 11) is 0. The number of hydrogen-bond donors (Lipinski definition) is 2. The van der Waals surface area contributed by atoms with Crippen LogP contribution in [0.25, 0.3) is 0 Å². The average molecular weight is 323 g/mol. The van der Waals surface area contributed by atoms with Crippen LogP contribution in [0.4, 0.5) is 4.79 Å². The molecule has 0 bridgehead atoms. The molecule has 128 valence electrons. The van der Waals surface area contributed by atoms with Crippen LogP contribution in [0.1, 0.15) is 38.3 Å². The van der Waals surface area contributed by atoms with E-state index in [1.807, 2.05) is 19.1 Å². The van der Waals surface area contributed by atoms with E-state index in [4.69, 9.17) is 14.6 Å². The van der Waals surface area contributed by atoms with Crippen LogP contribution in [0.3, 0.4) is 0 Å². The predicted molar refractivity (Wildman–Crippen MR) is 86.9 cm³/mol. The van der Waals surface area contributed by atoms with Gasteiger partial charge in [0.1, 0.15) is 18.0 Å². The maximum Gasteiger partial charge on any atom is 0.407 e. The van der Waals surface area contributed by atoms with Crippen LogP contribution in [-0.2, 0) is 16.0 Å². The number of benzene rings is 1. The number of carboxylic acid groups (broad SMARTS) is 1. The molecule has 0 unspecified atom stereocenters. The summed E-state index contributed by atoms with van der Waals surface area (Å²) in [5.74, 6) is -0.120. The van der Waals surface area contributed by atoms with Gasteiger partial charge in [0.05, 0.1) is 6.54 Å². The second-order valence-corrected chi connectivity index (χ2v) is 6.26. The van der Waals surface area contributed by atoms with Crippen molar-refractivity contribution in [1.29, 1.82) is 0 Å². The minimum Gasteiger partial charge on any atom is -0.492 e. The van der Waals surface area contributed by atoms with Crippen LogP contribution in [0.5, 0.6) is 5.75 Å². The zero-order valence-electron chi connectivity index (χ0n) is 14.1. The molecule has 0 saturated heterocycles. The monoisotopic (exact) mass is 323 g/mol. The molecule has 0 spiro atoms. The molecule has 0 aliphatic rings. The van der Waals surface area contributed by atoms with Gasteiger partial charge >= 0.3 is 12.1 Å². The van der Waals surface area contributed by atoms with Gasteiger partial charge < -0.3 is 19.9 Å². The Labute approximate surface area is 136 Å². The lowest BCUT2D eigenvalue weighted by atomic mass is 10.0. The molecule has 1 amide bonds. The van der Waals surface area contributed by atoms with Gasteiger partial charge in [-0.2, -0.15) is 0 Å². The number of carboxylic acids is 1. The summed E-state index contributed by atoms with van der Waals surface area (Å²) < 4.78 is 10.7. The van der Waals surface area contributed by atoms with E-state index in [2.05, 4.69) is 5.32 Å². The Bertz CT molecular complexity index is 548. The van der Waals surface area contributed by atoms with E-state index in [0.29, 0.717) is 25.3 Å². The second kappa shape index (κ2) is 8.41. The number of carbonyl (C=O) groups excluding carboxylic acids is 1. The van der Waals surface area contributed by atoms with Gasteiger partial charge in [-0.25, -0.2) is 4.79 Å². The number of rotatable bonds is 7. The molecule has 0 saturated carbocycles. The molecule has 1 aromatic carbocycles. The fourth-order valence-electron chi connectivity index (χ4n) is 1.92. The Balaban J connectivity index is 2.37. The third-order valence-electron chi connectivity index (χ3n) is 2.96. The van der Waals surface area contributed by atoms with Crippen molar-refractivity contribution in [3.63, 3.8) is 0 Å². The fourth-order valence-corrected chi connectivity index (χ4v) is 1.92. The highest BCUT2D eigenvalue weighted by Gasteiger charge is 2.15. The van der Waals surface area contributed by atoms with Crippen molar-refractivity contribution < 1.29 is 24.2 Å². The van der Waals surface area contributed by atoms with Gasteiger partial charge in [-0.1, -0.05) is 6.07 Å². The average Bonchev–Trinajstić information content (AvgIpc) is 2.40. The lowest BCUT2D eigenvalue weighted by Crippen LogP contribution is -2.34. The van der Waals surface area contributed by atoms with Crippen LogP contribution in [0.15, 0.2) is 18.2 Å². The smallest absolute Gasteiger partial charge is 0.407 e. The standard InChI is InChI=1S/C17H25NO5/c1-12-11-14(7-5-13(12)6-8-15(19)20)22-10-9-18-16(21)23-17(2,3)4/h5,7,11H,6,8-10H2,1-4H3,(H,18,21)(H,19,20). The Kier molecular flexibility index (Phi) is 6.88. The summed E-state index contributed by atoms with van der Waals surface area (Å²) >= 11 is 0. The molecule has 0 atom stereocenters. The largest absolute Gasteiger partial charge is 0.492 e. The molecule has 0 aliphatic carbocycles. The van der Waals surface area contributed by atoms with Crippen molar-refractivity contribution in [1.82, 2.24) is 5.32 Å². The molecule has 1 rings (SSSR count). The molecule has 0 aliphatic heterocycles. The number of ether oxygens (including phenoxy) is 2. The van der Waals surface area contributed by atoms with E-state index in [9.17, 15) is 9.59 Å². The van der Waals surface area contributed by atoms with E-state index in [-0.39, 0.29) is 6.42 Å².